The number of aromatic amines is 1. The average Bonchev–Trinajstić information content (AvgIpc) is 3.11. The molecule has 0 aliphatic carbocycles. The molecule has 2 aromatic rings. The third-order valence-electron chi connectivity index (χ3n) is 4.00. The molecule has 1 atom stereocenters. The quantitative estimate of drug-likeness (QED) is 0.731. The monoisotopic (exact) mass is 331 g/mol. The van der Waals surface area contributed by atoms with E-state index in [1.807, 2.05) is 6.07 Å². The fraction of sp³-hybridized carbons (Fsp3) is 0.471. The van der Waals surface area contributed by atoms with Crippen LogP contribution in [0.1, 0.15) is 18.5 Å². The van der Waals surface area contributed by atoms with Crippen molar-refractivity contribution in [2.75, 3.05) is 26.4 Å². The van der Waals surface area contributed by atoms with Crippen molar-refractivity contribution < 1.29 is 14.3 Å². The van der Waals surface area contributed by atoms with Crippen LogP contribution in [0.5, 0.6) is 0 Å². The molecule has 7 heteroatoms. The molecule has 7 nitrogen and oxygen atoms in total. The molecule has 0 radical (unpaired) electrons. The van der Waals surface area contributed by atoms with Crippen molar-refractivity contribution in [3.05, 3.63) is 40.3 Å². The Morgan fingerprint density at radius 1 is 1.38 bits per heavy atom. The van der Waals surface area contributed by atoms with Crippen LogP contribution in [0.2, 0.25) is 0 Å². The van der Waals surface area contributed by atoms with Gasteiger partial charge in [-0.3, -0.25) is 9.59 Å². The van der Waals surface area contributed by atoms with Crippen molar-refractivity contribution in [1.29, 1.82) is 0 Å². The van der Waals surface area contributed by atoms with E-state index in [0.717, 1.165) is 19.4 Å². The highest BCUT2D eigenvalue weighted by molar-refractivity contribution is 5.88. The maximum atomic E-state index is 12.0. The lowest BCUT2D eigenvalue weighted by Gasteiger charge is -2.10. The number of amides is 1. The number of hydrogen-bond donors (Lipinski definition) is 2. The summed E-state index contributed by atoms with van der Waals surface area (Å²) in [6, 6.07) is 7.12. The zero-order valence-corrected chi connectivity index (χ0v) is 13.4. The number of carbonyl (C=O) groups is 1. The molecule has 1 fully saturated rings. The predicted octanol–water partition coefficient (Wildman–Crippen LogP) is 0.777. The molecule has 1 saturated heterocycles. The van der Waals surface area contributed by atoms with Crippen molar-refractivity contribution in [1.82, 2.24) is 15.5 Å². The molecule has 2 N–H and O–H groups in total. The number of rotatable bonds is 7. The average molecular weight is 331 g/mol. The molecule has 1 aromatic heterocycles. The van der Waals surface area contributed by atoms with Gasteiger partial charge in [-0.05, 0) is 18.9 Å². The highest BCUT2D eigenvalue weighted by Crippen LogP contribution is 2.13. The van der Waals surface area contributed by atoms with Crippen LogP contribution in [0.15, 0.2) is 29.1 Å². The first-order chi connectivity index (χ1) is 11.7. The number of aromatic nitrogens is 2. The molecule has 2 heterocycles. The Bertz CT molecular complexity index is 753. The molecular formula is C17H21N3O4. The second-order valence-corrected chi connectivity index (χ2v) is 5.78. The molecule has 0 bridgehead atoms. The Hall–Kier alpha value is -2.25. The predicted molar refractivity (Wildman–Crippen MR) is 88.9 cm³/mol. The molecule has 3 rings (SSSR count). The van der Waals surface area contributed by atoms with Gasteiger partial charge < -0.3 is 14.8 Å². The molecule has 128 valence electrons. The normalized spacial score (nSPS) is 17.2. The van der Waals surface area contributed by atoms with E-state index < -0.39 is 0 Å². The van der Waals surface area contributed by atoms with Crippen molar-refractivity contribution in [3.8, 4) is 0 Å². The van der Waals surface area contributed by atoms with Crippen molar-refractivity contribution in [3.63, 3.8) is 0 Å². The van der Waals surface area contributed by atoms with Crippen LogP contribution < -0.4 is 10.9 Å². The Morgan fingerprint density at radius 3 is 3.00 bits per heavy atom. The van der Waals surface area contributed by atoms with Crippen molar-refractivity contribution in [2.45, 2.75) is 25.4 Å². The summed E-state index contributed by atoms with van der Waals surface area (Å²) in [5.74, 6) is -0.152. The van der Waals surface area contributed by atoms with E-state index in [-0.39, 0.29) is 24.0 Å². The number of benzene rings is 1. The van der Waals surface area contributed by atoms with Crippen LogP contribution in [0, 0.1) is 0 Å². The number of nitrogens with one attached hydrogen (secondary N) is 2. The minimum absolute atomic E-state index is 0.114. The second-order valence-electron chi connectivity index (χ2n) is 5.78. The fourth-order valence-corrected chi connectivity index (χ4v) is 2.77. The van der Waals surface area contributed by atoms with Gasteiger partial charge in [0, 0.05) is 18.5 Å². The van der Waals surface area contributed by atoms with Gasteiger partial charge in [-0.25, -0.2) is 5.10 Å². The molecule has 1 aromatic carbocycles. The number of carbonyl (C=O) groups excluding carboxylic acids is 1. The van der Waals surface area contributed by atoms with Gasteiger partial charge in [-0.2, -0.15) is 5.10 Å². The summed E-state index contributed by atoms with van der Waals surface area (Å²) in [6.07, 6.45) is 2.43. The van der Waals surface area contributed by atoms with Gasteiger partial charge in [0.1, 0.15) is 0 Å². The van der Waals surface area contributed by atoms with Gasteiger partial charge in [0.05, 0.1) is 36.8 Å². The van der Waals surface area contributed by atoms with Crippen molar-refractivity contribution >= 4 is 16.7 Å². The van der Waals surface area contributed by atoms with Crippen LogP contribution in [0.3, 0.4) is 0 Å². The first-order valence-corrected chi connectivity index (χ1v) is 8.16. The summed E-state index contributed by atoms with van der Waals surface area (Å²) >= 11 is 0. The van der Waals surface area contributed by atoms with Gasteiger partial charge in [-0.15, -0.1) is 0 Å². The van der Waals surface area contributed by atoms with E-state index in [0.29, 0.717) is 36.2 Å². The largest absolute Gasteiger partial charge is 0.377 e. The minimum atomic E-state index is -0.253. The van der Waals surface area contributed by atoms with E-state index in [1.165, 1.54) is 0 Å². The summed E-state index contributed by atoms with van der Waals surface area (Å²) in [4.78, 5) is 23.8. The summed E-state index contributed by atoms with van der Waals surface area (Å²) in [5, 5.41) is 10.5. The lowest BCUT2D eigenvalue weighted by Crippen LogP contribution is -2.30. The lowest BCUT2D eigenvalue weighted by atomic mass is 10.1. The highest BCUT2D eigenvalue weighted by Gasteiger charge is 2.15. The van der Waals surface area contributed by atoms with Crippen LogP contribution in [-0.2, 0) is 20.7 Å². The number of ether oxygens (including phenoxy) is 2. The first-order valence-electron chi connectivity index (χ1n) is 8.16. The summed E-state index contributed by atoms with van der Waals surface area (Å²) in [5.41, 5.74) is 0.306. The Morgan fingerprint density at radius 2 is 2.21 bits per heavy atom. The third-order valence-corrected chi connectivity index (χ3v) is 4.00. The molecule has 1 amide bonds. The minimum Gasteiger partial charge on any atom is -0.377 e. The smallest absolute Gasteiger partial charge is 0.272 e. The van der Waals surface area contributed by atoms with E-state index in [9.17, 15) is 9.59 Å². The van der Waals surface area contributed by atoms with Crippen LogP contribution in [0.4, 0.5) is 0 Å². The Labute approximate surface area is 139 Å². The van der Waals surface area contributed by atoms with Crippen LogP contribution >= 0.6 is 0 Å². The number of hydrogen-bond acceptors (Lipinski definition) is 5. The van der Waals surface area contributed by atoms with E-state index in [1.54, 1.807) is 18.2 Å². The Kier molecular flexibility index (Phi) is 5.55. The first kappa shape index (κ1) is 16.6. The summed E-state index contributed by atoms with van der Waals surface area (Å²) in [6.45, 7) is 2.27. The molecule has 24 heavy (non-hydrogen) atoms. The van der Waals surface area contributed by atoms with Gasteiger partial charge in [0.2, 0.25) is 5.91 Å². The van der Waals surface area contributed by atoms with Gasteiger partial charge in [0.15, 0.2) is 0 Å². The SMILES string of the molecule is O=C(Cc1n[nH]c(=O)c2ccccc12)NCCOCC1CCCO1. The molecular weight excluding hydrogens is 310 g/mol. The zero-order chi connectivity index (χ0) is 16.8. The maximum absolute atomic E-state index is 12.0. The number of fused-ring (bicyclic) bond motifs is 1. The molecule has 1 unspecified atom stereocenters. The van der Waals surface area contributed by atoms with Gasteiger partial charge >= 0.3 is 0 Å². The molecule has 1 aliphatic rings. The number of H-pyrrole nitrogens is 1. The highest BCUT2D eigenvalue weighted by atomic mass is 16.5. The summed E-state index contributed by atoms with van der Waals surface area (Å²) < 4.78 is 11.0. The molecule has 1 aliphatic heterocycles. The molecule has 0 saturated carbocycles. The van der Waals surface area contributed by atoms with Gasteiger partial charge in [-0.1, -0.05) is 18.2 Å². The lowest BCUT2D eigenvalue weighted by molar-refractivity contribution is -0.120. The molecule has 0 spiro atoms. The number of nitrogens with zero attached hydrogens (tertiary/aromatic N) is 1. The van der Waals surface area contributed by atoms with Crippen LogP contribution in [0.25, 0.3) is 10.8 Å². The van der Waals surface area contributed by atoms with E-state index in [2.05, 4.69) is 15.5 Å². The van der Waals surface area contributed by atoms with Crippen LogP contribution in [-0.4, -0.2) is 48.6 Å². The van der Waals surface area contributed by atoms with Gasteiger partial charge in [0.25, 0.3) is 5.56 Å². The topological polar surface area (TPSA) is 93.3 Å². The third kappa shape index (κ3) is 4.18. The maximum Gasteiger partial charge on any atom is 0.272 e. The van der Waals surface area contributed by atoms with E-state index >= 15 is 0 Å². The summed E-state index contributed by atoms with van der Waals surface area (Å²) in [7, 11) is 0. The zero-order valence-electron chi connectivity index (χ0n) is 13.4. The fourth-order valence-electron chi connectivity index (χ4n) is 2.77. The van der Waals surface area contributed by atoms with Crippen molar-refractivity contribution in [2.24, 2.45) is 0 Å². The van der Waals surface area contributed by atoms with E-state index in [4.69, 9.17) is 9.47 Å². The second kappa shape index (κ2) is 8.03. The standard InChI is InChI=1S/C17H21N3O4/c21-16(18-7-9-23-11-12-4-3-8-24-12)10-15-13-5-1-2-6-14(13)17(22)20-19-15/h1-2,5-6,12H,3-4,7-11H2,(H,18,21)(H,20,22). The Balaban J connectivity index is 1.47.